The zero-order chi connectivity index (χ0) is 15.3. The number of ether oxygens (including phenoxy) is 1. The van der Waals surface area contributed by atoms with Crippen LogP contribution in [0.15, 0.2) is 18.2 Å². The molecule has 7 nitrogen and oxygen atoms in total. The van der Waals surface area contributed by atoms with E-state index in [0.29, 0.717) is 5.56 Å². The van der Waals surface area contributed by atoms with Gasteiger partial charge >= 0.3 is 0 Å². The Morgan fingerprint density at radius 2 is 2.25 bits per heavy atom. The van der Waals surface area contributed by atoms with Gasteiger partial charge in [-0.2, -0.15) is 5.26 Å². The van der Waals surface area contributed by atoms with Gasteiger partial charge in [-0.3, -0.25) is 14.9 Å². The molecule has 1 N–H and O–H groups in total. The molecule has 1 aromatic carbocycles. The number of nitro benzene ring substituents is 1. The molecule has 7 heteroatoms. The van der Waals surface area contributed by atoms with E-state index in [-0.39, 0.29) is 17.9 Å². The molecule has 0 aromatic heterocycles. The molecule has 1 rings (SSSR count). The lowest BCUT2D eigenvalue weighted by Gasteiger charge is -2.22. The maximum Gasteiger partial charge on any atom is 0.282 e. The van der Waals surface area contributed by atoms with Gasteiger partial charge in [0.05, 0.1) is 17.6 Å². The van der Waals surface area contributed by atoms with E-state index in [2.05, 4.69) is 5.32 Å². The molecule has 0 aliphatic carbocycles. The van der Waals surface area contributed by atoms with Gasteiger partial charge in [0.15, 0.2) is 0 Å². The van der Waals surface area contributed by atoms with Crippen molar-refractivity contribution >= 4 is 11.6 Å². The number of aryl methyl sites for hydroxylation is 1. The van der Waals surface area contributed by atoms with Gasteiger partial charge in [0.2, 0.25) is 0 Å². The first-order chi connectivity index (χ1) is 9.33. The Kier molecular flexibility index (Phi) is 4.78. The number of hydrogen-bond acceptors (Lipinski definition) is 5. The number of benzene rings is 1. The predicted molar refractivity (Wildman–Crippen MR) is 71.2 cm³/mol. The van der Waals surface area contributed by atoms with Crippen molar-refractivity contribution in [2.45, 2.75) is 19.4 Å². The Balaban J connectivity index is 3.12. The third-order valence-corrected chi connectivity index (χ3v) is 2.66. The van der Waals surface area contributed by atoms with E-state index in [0.717, 1.165) is 0 Å². The van der Waals surface area contributed by atoms with E-state index in [4.69, 9.17) is 10.00 Å². The fraction of sp³-hybridized carbons (Fsp3) is 0.385. The Bertz CT molecular complexity index is 579. The second kappa shape index (κ2) is 6.12. The van der Waals surface area contributed by atoms with Crippen LogP contribution in [-0.2, 0) is 4.74 Å². The second-order valence-corrected chi connectivity index (χ2v) is 4.61. The van der Waals surface area contributed by atoms with Gasteiger partial charge in [-0.05, 0) is 25.5 Å². The van der Waals surface area contributed by atoms with Gasteiger partial charge in [-0.25, -0.2) is 0 Å². The van der Waals surface area contributed by atoms with Crippen molar-refractivity contribution < 1.29 is 14.5 Å². The summed E-state index contributed by atoms with van der Waals surface area (Å²) in [5.41, 5.74) is -0.909. The quantitative estimate of drug-likeness (QED) is 0.649. The van der Waals surface area contributed by atoms with Crippen molar-refractivity contribution in [1.29, 1.82) is 5.26 Å². The Labute approximate surface area is 116 Å². The van der Waals surface area contributed by atoms with E-state index in [9.17, 15) is 14.9 Å². The number of nitrogens with one attached hydrogen (secondary N) is 1. The predicted octanol–water partition coefficient (Wildman–Crippen LogP) is 1.56. The van der Waals surface area contributed by atoms with Crippen LogP contribution in [0.5, 0.6) is 0 Å². The Morgan fingerprint density at radius 1 is 1.60 bits per heavy atom. The average molecular weight is 277 g/mol. The van der Waals surface area contributed by atoms with Crippen LogP contribution in [0.3, 0.4) is 0 Å². The highest BCUT2D eigenvalue weighted by atomic mass is 16.6. The zero-order valence-electron chi connectivity index (χ0n) is 11.5. The molecule has 0 radical (unpaired) electrons. The zero-order valence-corrected chi connectivity index (χ0v) is 11.5. The third-order valence-electron chi connectivity index (χ3n) is 2.66. The minimum absolute atomic E-state index is 0.0190. The van der Waals surface area contributed by atoms with Crippen molar-refractivity contribution in [3.05, 3.63) is 39.4 Å². The van der Waals surface area contributed by atoms with Crippen LogP contribution in [0.2, 0.25) is 0 Å². The van der Waals surface area contributed by atoms with Crippen LogP contribution in [0, 0.1) is 28.4 Å². The average Bonchev–Trinajstić information content (AvgIpc) is 2.38. The number of carbonyl (C=O) groups is 1. The molecular weight excluding hydrogens is 262 g/mol. The largest absolute Gasteiger partial charge is 0.381 e. The minimum Gasteiger partial charge on any atom is -0.381 e. The van der Waals surface area contributed by atoms with Crippen molar-refractivity contribution in [3.63, 3.8) is 0 Å². The van der Waals surface area contributed by atoms with Gasteiger partial charge in [-0.1, -0.05) is 6.07 Å². The fourth-order valence-electron chi connectivity index (χ4n) is 1.69. The van der Waals surface area contributed by atoms with Crippen LogP contribution in [-0.4, -0.2) is 30.1 Å². The molecule has 1 amide bonds. The van der Waals surface area contributed by atoms with Gasteiger partial charge in [-0.15, -0.1) is 0 Å². The summed E-state index contributed by atoms with van der Waals surface area (Å²) < 4.78 is 4.86. The van der Waals surface area contributed by atoms with E-state index < -0.39 is 16.4 Å². The van der Waals surface area contributed by atoms with Gasteiger partial charge < -0.3 is 10.1 Å². The minimum atomic E-state index is -1.25. The van der Waals surface area contributed by atoms with E-state index in [1.165, 1.54) is 26.2 Å². The maximum atomic E-state index is 12.1. The van der Waals surface area contributed by atoms with Crippen LogP contribution >= 0.6 is 0 Å². The summed E-state index contributed by atoms with van der Waals surface area (Å²) in [6.45, 7) is 3.18. The molecule has 0 bridgehead atoms. The number of nitro groups is 1. The van der Waals surface area contributed by atoms with Crippen molar-refractivity contribution in [2.75, 3.05) is 13.7 Å². The van der Waals surface area contributed by atoms with E-state index in [1.807, 2.05) is 6.07 Å². The highest BCUT2D eigenvalue weighted by Gasteiger charge is 2.29. The summed E-state index contributed by atoms with van der Waals surface area (Å²) in [6.07, 6.45) is 0. The standard InChI is InChI=1S/C13H15N3O4/c1-9-4-5-11(16(18)19)10(6-9)12(17)15-13(2,7-14)8-20-3/h4-6H,8H2,1-3H3,(H,15,17). The molecule has 0 fully saturated rings. The van der Waals surface area contributed by atoms with Crippen LogP contribution in [0.4, 0.5) is 5.69 Å². The summed E-state index contributed by atoms with van der Waals surface area (Å²) in [5.74, 6) is -0.679. The smallest absolute Gasteiger partial charge is 0.282 e. The monoisotopic (exact) mass is 277 g/mol. The van der Waals surface area contributed by atoms with Crippen LogP contribution in [0.25, 0.3) is 0 Å². The molecule has 1 aromatic rings. The molecule has 106 valence electrons. The lowest BCUT2D eigenvalue weighted by Crippen LogP contribution is -2.48. The molecule has 0 saturated carbocycles. The van der Waals surface area contributed by atoms with Gasteiger partial charge in [0.1, 0.15) is 11.1 Å². The fourth-order valence-corrected chi connectivity index (χ4v) is 1.69. The number of rotatable bonds is 5. The molecule has 0 saturated heterocycles. The highest BCUT2D eigenvalue weighted by Crippen LogP contribution is 2.20. The molecule has 1 atom stereocenters. The first-order valence-electron chi connectivity index (χ1n) is 5.80. The Morgan fingerprint density at radius 3 is 2.75 bits per heavy atom. The van der Waals surface area contributed by atoms with Crippen LogP contribution < -0.4 is 5.32 Å². The molecule has 20 heavy (non-hydrogen) atoms. The number of nitrogens with zero attached hydrogens (tertiary/aromatic N) is 2. The number of carbonyl (C=O) groups excluding carboxylic acids is 1. The highest BCUT2D eigenvalue weighted by molar-refractivity contribution is 5.99. The normalized spacial score (nSPS) is 13.1. The third kappa shape index (κ3) is 3.52. The lowest BCUT2D eigenvalue weighted by molar-refractivity contribution is -0.385. The summed E-state index contributed by atoms with van der Waals surface area (Å²) >= 11 is 0. The summed E-state index contributed by atoms with van der Waals surface area (Å²) in [4.78, 5) is 22.5. The topological polar surface area (TPSA) is 105 Å². The molecule has 0 aliphatic rings. The Hall–Kier alpha value is -2.46. The summed E-state index contributed by atoms with van der Waals surface area (Å²) in [7, 11) is 1.40. The lowest BCUT2D eigenvalue weighted by atomic mass is 10.0. The van der Waals surface area contributed by atoms with E-state index >= 15 is 0 Å². The first-order valence-corrected chi connectivity index (χ1v) is 5.80. The van der Waals surface area contributed by atoms with Gasteiger partial charge in [0, 0.05) is 13.2 Å². The van der Waals surface area contributed by atoms with Gasteiger partial charge in [0.25, 0.3) is 11.6 Å². The van der Waals surface area contributed by atoms with Crippen LogP contribution in [0.1, 0.15) is 22.8 Å². The van der Waals surface area contributed by atoms with Crippen molar-refractivity contribution in [3.8, 4) is 6.07 Å². The number of amides is 1. The molecule has 1 unspecified atom stereocenters. The van der Waals surface area contributed by atoms with Crippen molar-refractivity contribution in [1.82, 2.24) is 5.32 Å². The molecular formula is C13H15N3O4. The van der Waals surface area contributed by atoms with Crippen molar-refractivity contribution in [2.24, 2.45) is 0 Å². The molecule has 0 spiro atoms. The summed E-state index contributed by atoms with van der Waals surface area (Å²) in [6, 6.07) is 6.15. The summed E-state index contributed by atoms with van der Waals surface area (Å²) in [5, 5.41) is 22.5. The molecule has 0 heterocycles. The number of hydrogen-bond donors (Lipinski definition) is 1. The number of nitriles is 1. The van der Waals surface area contributed by atoms with E-state index in [1.54, 1.807) is 13.0 Å². The maximum absolute atomic E-state index is 12.1. The molecule has 0 aliphatic heterocycles. The first kappa shape index (κ1) is 15.6. The number of methoxy groups -OCH3 is 1. The SMILES string of the molecule is COCC(C)(C#N)NC(=O)c1cc(C)ccc1[N+](=O)[O-]. The second-order valence-electron chi connectivity index (χ2n) is 4.61.